The van der Waals surface area contributed by atoms with Gasteiger partial charge in [-0.2, -0.15) is 5.10 Å². The fourth-order valence-corrected chi connectivity index (χ4v) is 2.87. The van der Waals surface area contributed by atoms with Crippen LogP contribution in [0.2, 0.25) is 0 Å². The molecule has 18 heavy (non-hydrogen) atoms. The number of hydrogen-bond acceptors (Lipinski definition) is 4. The van der Waals surface area contributed by atoms with E-state index >= 15 is 0 Å². The summed E-state index contributed by atoms with van der Waals surface area (Å²) in [6.07, 6.45) is -0.0133. The van der Waals surface area contributed by atoms with Gasteiger partial charge in [0.15, 0.2) is 11.6 Å². The molecule has 3 heterocycles. The van der Waals surface area contributed by atoms with E-state index in [0.717, 1.165) is 16.1 Å². The summed E-state index contributed by atoms with van der Waals surface area (Å²) in [4.78, 5) is 25.5. The van der Waals surface area contributed by atoms with Crippen LogP contribution in [0.5, 0.6) is 0 Å². The molecule has 3 rings (SSSR count). The zero-order chi connectivity index (χ0) is 12.7. The van der Waals surface area contributed by atoms with Gasteiger partial charge in [-0.15, -0.1) is 11.3 Å². The fourth-order valence-electron chi connectivity index (χ4n) is 2.09. The number of aromatic nitrogens is 2. The Labute approximate surface area is 107 Å². The smallest absolute Gasteiger partial charge is 0.236 e. The summed E-state index contributed by atoms with van der Waals surface area (Å²) >= 11 is 1.61. The van der Waals surface area contributed by atoms with Crippen molar-refractivity contribution < 1.29 is 9.59 Å². The number of carbonyl (C=O) groups excluding carboxylic acids is 2. The molecule has 1 saturated heterocycles. The minimum Gasteiger partial charge on any atom is -0.297 e. The molecule has 0 atom stereocenters. The number of thiophene rings is 1. The molecule has 92 valence electrons. The molecule has 0 aromatic carbocycles. The van der Waals surface area contributed by atoms with Crippen molar-refractivity contribution in [2.75, 3.05) is 11.4 Å². The van der Waals surface area contributed by atoms with Gasteiger partial charge in [0.25, 0.3) is 0 Å². The van der Waals surface area contributed by atoms with E-state index in [1.807, 2.05) is 24.4 Å². The lowest BCUT2D eigenvalue weighted by Crippen LogP contribution is -2.25. The SMILES string of the molecule is Cc1c(N2CC(=O)CC2=O)n[nH]c1-c1cccs1. The Balaban J connectivity index is 2.00. The van der Waals surface area contributed by atoms with Crippen LogP contribution in [0.4, 0.5) is 5.82 Å². The maximum absolute atomic E-state index is 11.7. The van der Waals surface area contributed by atoms with Crippen LogP contribution < -0.4 is 4.90 Å². The van der Waals surface area contributed by atoms with Crippen LogP contribution in [0.15, 0.2) is 17.5 Å². The maximum atomic E-state index is 11.7. The Morgan fingerprint density at radius 3 is 2.89 bits per heavy atom. The fraction of sp³-hybridized carbons (Fsp3) is 0.250. The van der Waals surface area contributed by atoms with E-state index in [4.69, 9.17) is 0 Å². The van der Waals surface area contributed by atoms with Crippen LogP contribution >= 0.6 is 11.3 Å². The standard InChI is InChI=1S/C12H11N3O2S/c1-7-11(9-3-2-4-18-9)13-14-12(7)15-6-8(16)5-10(15)17/h2-4H,5-6H2,1H3,(H,13,14). The van der Waals surface area contributed by atoms with E-state index in [2.05, 4.69) is 10.2 Å². The predicted molar refractivity (Wildman–Crippen MR) is 68.6 cm³/mol. The summed E-state index contributed by atoms with van der Waals surface area (Å²) in [5.74, 6) is 0.335. The third-order valence-corrected chi connectivity index (χ3v) is 3.88. The van der Waals surface area contributed by atoms with Gasteiger partial charge in [-0.05, 0) is 18.4 Å². The normalized spacial score (nSPS) is 15.7. The highest BCUT2D eigenvalue weighted by Gasteiger charge is 2.31. The summed E-state index contributed by atoms with van der Waals surface area (Å²) in [5.41, 5.74) is 1.81. The summed E-state index contributed by atoms with van der Waals surface area (Å²) in [6, 6.07) is 3.95. The quantitative estimate of drug-likeness (QED) is 0.837. The van der Waals surface area contributed by atoms with Gasteiger partial charge < -0.3 is 0 Å². The van der Waals surface area contributed by atoms with Gasteiger partial charge in [0.1, 0.15) is 0 Å². The number of Topliss-reactive ketones (excluding diaryl/α,β-unsaturated/α-hetero) is 1. The highest BCUT2D eigenvalue weighted by Crippen LogP contribution is 2.32. The molecule has 0 radical (unpaired) electrons. The van der Waals surface area contributed by atoms with Crippen LogP contribution in [-0.2, 0) is 9.59 Å². The Kier molecular flexibility index (Phi) is 2.52. The van der Waals surface area contributed by atoms with E-state index < -0.39 is 0 Å². The largest absolute Gasteiger partial charge is 0.297 e. The van der Waals surface area contributed by atoms with Crippen LogP contribution in [0.1, 0.15) is 12.0 Å². The third-order valence-electron chi connectivity index (χ3n) is 2.99. The Morgan fingerprint density at radius 2 is 2.28 bits per heavy atom. The minimum atomic E-state index is -0.174. The van der Waals surface area contributed by atoms with Crippen molar-refractivity contribution in [3.8, 4) is 10.6 Å². The number of ketones is 1. The van der Waals surface area contributed by atoms with Gasteiger partial charge in [-0.25, -0.2) is 0 Å². The molecule has 1 amide bonds. The minimum absolute atomic E-state index is 0.0133. The number of amides is 1. The van der Waals surface area contributed by atoms with Gasteiger partial charge in [-0.3, -0.25) is 19.6 Å². The number of nitrogens with one attached hydrogen (secondary N) is 1. The number of rotatable bonds is 2. The third kappa shape index (κ3) is 1.65. The molecule has 0 saturated carbocycles. The van der Waals surface area contributed by atoms with Gasteiger partial charge in [0.2, 0.25) is 5.91 Å². The Hall–Kier alpha value is -1.95. The number of hydrogen-bond donors (Lipinski definition) is 1. The molecule has 2 aromatic heterocycles. The molecular weight excluding hydrogens is 250 g/mol. The molecule has 6 heteroatoms. The number of H-pyrrole nitrogens is 1. The van der Waals surface area contributed by atoms with Gasteiger partial charge in [-0.1, -0.05) is 6.07 Å². The lowest BCUT2D eigenvalue weighted by molar-refractivity contribution is -0.121. The lowest BCUT2D eigenvalue weighted by Gasteiger charge is -2.11. The highest BCUT2D eigenvalue weighted by atomic mass is 32.1. The van der Waals surface area contributed by atoms with Crippen molar-refractivity contribution in [3.63, 3.8) is 0 Å². The van der Waals surface area contributed by atoms with Crippen LogP contribution in [0.25, 0.3) is 10.6 Å². The van der Waals surface area contributed by atoms with E-state index in [9.17, 15) is 9.59 Å². The first-order valence-corrected chi connectivity index (χ1v) is 6.45. The second-order valence-corrected chi connectivity index (χ2v) is 5.17. The monoisotopic (exact) mass is 261 g/mol. The number of nitrogens with zero attached hydrogens (tertiary/aromatic N) is 2. The second kappa shape index (κ2) is 4.06. The highest BCUT2D eigenvalue weighted by molar-refractivity contribution is 7.13. The van der Waals surface area contributed by atoms with Crippen molar-refractivity contribution in [2.24, 2.45) is 0 Å². The molecule has 2 aromatic rings. The number of anilines is 1. The molecule has 0 bridgehead atoms. The van der Waals surface area contributed by atoms with Gasteiger partial charge >= 0.3 is 0 Å². The molecule has 1 aliphatic heterocycles. The van der Waals surface area contributed by atoms with Crippen molar-refractivity contribution in [1.29, 1.82) is 0 Å². The summed E-state index contributed by atoms with van der Waals surface area (Å²) in [6.45, 7) is 2.04. The number of aromatic amines is 1. The van der Waals surface area contributed by atoms with Crippen LogP contribution in [0.3, 0.4) is 0 Å². The van der Waals surface area contributed by atoms with Crippen molar-refractivity contribution in [2.45, 2.75) is 13.3 Å². The first-order valence-electron chi connectivity index (χ1n) is 5.57. The first kappa shape index (κ1) is 11.2. The maximum Gasteiger partial charge on any atom is 0.236 e. The van der Waals surface area contributed by atoms with Crippen molar-refractivity contribution >= 4 is 28.8 Å². The van der Waals surface area contributed by atoms with Crippen LogP contribution in [0, 0.1) is 6.92 Å². The summed E-state index contributed by atoms with van der Waals surface area (Å²) < 4.78 is 0. The number of carbonyl (C=O) groups is 2. The summed E-state index contributed by atoms with van der Waals surface area (Å²) in [5, 5.41) is 9.10. The van der Waals surface area contributed by atoms with Crippen LogP contribution in [-0.4, -0.2) is 28.4 Å². The molecule has 0 spiro atoms. The predicted octanol–water partition coefficient (Wildman–Crippen LogP) is 1.75. The van der Waals surface area contributed by atoms with E-state index in [1.165, 1.54) is 4.90 Å². The molecular formula is C12H11N3O2S. The summed E-state index contributed by atoms with van der Waals surface area (Å²) in [7, 11) is 0. The van der Waals surface area contributed by atoms with E-state index in [1.54, 1.807) is 11.3 Å². The first-order chi connectivity index (χ1) is 8.66. The zero-order valence-corrected chi connectivity index (χ0v) is 10.6. The second-order valence-electron chi connectivity index (χ2n) is 4.22. The molecule has 1 fully saturated rings. The topological polar surface area (TPSA) is 66.1 Å². The average Bonchev–Trinajstić information content (AvgIpc) is 2.99. The zero-order valence-electron chi connectivity index (χ0n) is 9.77. The van der Waals surface area contributed by atoms with E-state index in [-0.39, 0.29) is 24.7 Å². The molecule has 1 N–H and O–H groups in total. The van der Waals surface area contributed by atoms with Gasteiger partial charge in [0, 0.05) is 5.56 Å². The lowest BCUT2D eigenvalue weighted by atomic mass is 10.2. The Bertz CT molecular complexity index is 615. The molecule has 1 aliphatic rings. The van der Waals surface area contributed by atoms with Crippen molar-refractivity contribution in [1.82, 2.24) is 10.2 Å². The molecule has 5 nitrogen and oxygen atoms in total. The molecule has 0 unspecified atom stereocenters. The van der Waals surface area contributed by atoms with Gasteiger partial charge in [0.05, 0.1) is 23.5 Å². The van der Waals surface area contributed by atoms with Crippen molar-refractivity contribution in [3.05, 3.63) is 23.1 Å². The average molecular weight is 261 g/mol. The molecule has 0 aliphatic carbocycles. The Morgan fingerprint density at radius 1 is 1.44 bits per heavy atom. The van der Waals surface area contributed by atoms with E-state index in [0.29, 0.717) is 5.82 Å².